The van der Waals surface area contributed by atoms with Crippen molar-refractivity contribution in [2.45, 2.75) is 56.8 Å². The van der Waals surface area contributed by atoms with Crippen LogP contribution in [0.5, 0.6) is 0 Å². The zero-order valence-corrected chi connectivity index (χ0v) is 11.6. The second-order valence-corrected chi connectivity index (χ2v) is 5.73. The van der Waals surface area contributed by atoms with Crippen LogP contribution in [0.3, 0.4) is 0 Å². The summed E-state index contributed by atoms with van der Waals surface area (Å²) < 4.78 is 11.4. The summed E-state index contributed by atoms with van der Waals surface area (Å²) in [6, 6.07) is 0.202. The number of hydrogen-bond acceptors (Lipinski definition) is 3. The normalized spacial score (nSPS) is 34.9. The second kappa shape index (κ2) is 5.63. The molecule has 19 heavy (non-hydrogen) atoms. The molecule has 0 aromatic heterocycles. The van der Waals surface area contributed by atoms with E-state index in [4.69, 9.17) is 9.47 Å². The first-order chi connectivity index (χ1) is 9.31. The van der Waals surface area contributed by atoms with Crippen LogP contribution in [0.1, 0.15) is 38.5 Å². The minimum absolute atomic E-state index is 0.0515. The van der Waals surface area contributed by atoms with Crippen molar-refractivity contribution < 1.29 is 14.3 Å². The van der Waals surface area contributed by atoms with Gasteiger partial charge in [0.2, 0.25) is 5.91 Å². The van der Waals surface area contributed by atoms with E-state index in [2.05, 4.69) is 6.08 Å². The Morgan fingerprint density at radius 3 is 3.05 bits per heavy atom. The summed E-state index contributed by atoms with van der Waals surface area (Å²) in [6.45, 7) is 1.34. The third kappa shape index (κ3) is 2.43. The molecule has 0 radical (unpaired) electrons. The van der Waals surface area contributed by atoms with Gasteiger partial charge in [0.05, 0.1) is 18.8 Å². The summed E-state index contributed by atoms with van der Waals surface area (Å²) in [4.78, 5) is 14.7. The number of fused-ring (bicyclic) bond motifs is 2. The van der Waals surface area contributed by atoms with Gasteiger partial charge in [-0.1, -0.05) is 6.08 Å². The maximum absolute atomic E-state index is 12.7. The van der Waals surface area contributed by atoms with Crippen LogP contribution in [0, 0.1) is 0 Å². The van der Waals surface area contributed by atoms with Crippen molar-refractivity contribution in [1.29, 1.82) is 0 Å². The van der Waals surface area contributed by atoms with Gasteiger partial charge < -0.3 is 14.4 Å². The van der Waals surface area contributed by atoms with Gasteiger partial charge in [-0.3, -0.25) is 4.79 Å². The number of nitrogens with zero attached hydrogens (tertiary/aromatic N) is 1. The Morgan fingerprint density at radius 2 is 2.32 bits per heavy atom. The van der Waals surface area contributed by atoms with E-state index in [1.165, 1.54) is 6.42 Å². The van der Waals surface area contributed by atoms with Crippen molar-refractivity contribution in [2.75, 3.05) is 20.3 Å². The molecule has 3 atom stereocenters. The number of amides is 1. The van der Waals surface area contributed by atoms with Crippen molar-refractivity contribution in [3.05, 3.63) is 11.6 Å². The first kappa shape index (κ1) is 13.1. The second-order valence-electron chi connectivity index (χ2n) is 5.73. The molecule has 2 aliphatic carbocycles. The summed E-state index contributed by atoms with van der Waals surface area (Å²) in [5.41, 5.74) is 1.01. The van der Waals surface area contributed by atoms with Crippen LogP contribution in [-0.4, -0.2) is 49.3 Å². The molecule has 4 nitrogen and oxygen atoms in total. The molecule has 0 N–H and O–H groups in total. The average molecular weight is 265 g/mol. The molecule has 0 aromatic rings. The van der Waals surface area contributed by atoms with Gasteiger partial charge in [-0.15, -0.1) is 0 Å². The molecule has 1 saturated heterocycles. The highest BCUT2D eigenvalue weighted by molar-refractivity contribution is 5.93. The highest BCUT2D eigenvalue weighted by atomic mass is 16.5. The van der Waals surface area contributed by atoms with Crippen LogP contribution < -0.4 is 0 Å². The van der Waals surface area contributed by atoms with E-state index in [1.54, 1.807) is 7.11 Å². The van der Waals surface area contributed by atoms with E-state index in [9.17, 15) is 4.79 Å². The summed E-state index contributed by atoms with van der Waals surface area (Å²) in [5.74, 6) is 0.220. The maximum Gasteiger partial charge on any atom is 0.249 e. The summed E-state index contributed by atoms with van der Waals surface area (Å²) in [7, 11) is 1.73. The number of carbonyl (C=O) groups is 1. The molecule has 3 aliphatic rings. The average Bonchev–Trinajstić information content (AvgIpc) is 2.75. The Hall–Kier alpha value is -0.870. The van der Waals surface area contributed by atoms with Crippen LogP contribution in [0.15, 0.2) is 11.6 Å². The molecule has 4 heteroatoms. The molecular weight excluding hydrogens is 242 g/mol. The zero-order valence-electron chi connectivity index (χ0n) is 11.6. The summed E-state index contributed by atoms with van der Waals surface area (Å²) in [6.07, 6.45) is 8.70. The summed E-state index contributed by atoms with van der Waals surface area (Å²) in [5, 5.41) is 0. The van der Waals surface area contributed by atoms with Crippen molar-refractivity contribution in [1.82, 2.24) is 4.90 Å². The predicted molar refractivity (Wildman–Crippen MR) is 71.8 cm³/mol. The lowest BCUT2D eigenvalue weighted by Crippen LogP contribution is -2.46. The molecule has 0 spiro atoms. The smallest absolute Gasteiger partial charge is 0.249 e. The fourth-order valence-electron chi connectivity index (χ4n) is 3.67. The zero-order chi connectivity index (χ0) is 13.2. The fraction of sp³-hybridized carbons (Fsp3) is 0.800. The number of allylic oxidation sites excluding steroid dienone is 1. The molecule has 3 unspecified atom stereocenters. The van der Waals surface area contributed by atoms with Crippen molar-refractivity contribution in [2.24, 2.45) is 0 Å². The van der Waals surface area contributed by atoms with Crippen LogP contribution in [0.25, 0.3) is 0 Å². The molecular formula is C15H23NO3. The van der Waals surface area contributed by atoms with Crippen molar-refractivity contribution in [3.63, 3.8) is 0 Å². The highest BCUT2D eigenvalue weighted by Gasteiger charge is 2.44. The van der Waals surface area contributed by atoms with Gasteiger partial charge in [-0.2, -0.15) is 0 Å². The number of rotatable bonds is 2. The van der Waals surface area contributed by atoms with E-state index in [0.29, 0.717) is 13.2 Å². The van der Waals surface area contributed by atoms with E-state index < -0.39 is 0 Å². The minimum atomic E-state index is 0.0515. The molecule has 106 valence electrons. The van der Waals surface area contributed by atoms with Gasteiger partial charge in [0, 0.05) is 19.2 Å². The van der Waals surface area contributed by atoms with Crippen molar-refractivity contribution >= 4 is 5.91 Å². The van der Waals surface area contributed by atoms with Gasteiger partial charge in [-0.05, 0) is 38.5 Å². The van der Waals surface area contributed by atoms with Crippen LogP contribution in [-0.2, 0) is 14.3 Å². The highest BCUT2D eigenvalue weighted by Crippen LogP contribution is 2.33. The Labute approximate surface area is 114 Å². The van der Waals surface area contributed by atoms with E-state index in [-0.39, 0.29) is 24.2 Å². The third-order valence-electron chi connectivity index (χ3n) is 4.66. The maximum atomic E-state index is 12.7. The molecule has 1 heterocycles. The molecule has 2 bridgehead atoms. The lowest BCUT2D eigenvalue weighted by atomic mass is 9.97. The number of ether oxygens (including phenoxy) is 2. The van der Waals surface area contributed by atoms with Crippen LogP contribution in [0.2, 0.25) is 0 Å². The fourth-order valence-corrected chi connectivity index (χ4v) is 3.67. The Kier molecular flexibility index (Phi) is 3.89. The molecule has 1 saturated carbocycles. The first-order valence-electron chi connectivity index (χ1n) is 7.45. The molecule has 1 aliphatic heterocycles. The number of methoxy groups -OCH3 is 1. The third-order valence-corrected chi connectivity index (χ3v) is 4.66. The summed E-state index contributed by atoms with van der Waals surface area (Å²) >= 11 is 0. The largest absolute Gasteiger partial charge is 0.377 e. The van der Waals surface area contributed by atoms with Gasteiger partial charge in [-0.25, -0.2) is 0 Å². The first-order valence-corrected chi connectivity index (χ1v) is 7.45. The quantitative estimate of drug-likeness (QED) is 0.765. The van der Waals surface area contributed by atoms with E-state index in [0.717, 1.165) is 37.7 Å². The van der Waals surface area contributed by atoms with Gasteiger partial charge in [0.1, 0.15) is 6.10 Å². The molecule has 0 aromatic carbocycles. The monoisotopic (exact) mass is 265 g/mol. The SMILES string of the molecule is COC1C2CCC1N(C(=O)C1=CCCCC1)CCO2. The Morgan fingerprint density at radius 1 is 1.42 bits per heavy atom. The Bertz CT molecular complexity index is 380. The van der Waals surface area contributed by atoms with E-state index in [1.807, 2.05) is 4.90 Å². The van der Waals surface area contributed by atoms with Crippen LogP contribution >= 0.6 is 0 Å². The molecule has 3 rings (SSSR count). The van der Waals surface area contributed by atoms with Gasteiger partial charge in [0.25, 0.3) is 0 Å². The topological polar surface area (TPSA) is 38.8 Å². The van der Waals surface area contributed by atoms with E-state index >= 15 is 0 Å². The molecule has 2 fully saturated rings. The van der Waals surface area contributed by atoms with Crippen LogP contribution in [0.4, 0.5) is 0 Å². The van der Waals surface area contributed by atoms with Gasteiger partial charge in [0.15, 0.2) is 0 Å². The Balaban J connectivity index is 1.78. The predicted octanol–water partition coefficient (Wildman–Crippen LogP) is 1.89. The number of hydrogen-bond donors (Lipinski definition) is 0. The van der Waals surface area contributed by atoms with Crippen molar-refractivity contribution in [3.8, 4) is 0 Å². The minimum Gasteiger partial charge on any atom is -0.377 e. The lowest BCUT2D eigenvalue weighted by molar-refractivity contribution is -0.131. The number of carbonyl (C=O) groups excluding carboxylic acids is 1. The lowest BCUT2D eigenvalue weighted by Gasteiger charge is -2.32. The standard InChI is InChI=1S/C15H23NO3/c1-18-14-12-7-8-13(14)19-10-9-16(12)15(17)11-5-3-2-4-6-11/h5,12-14H,2-4,6-10H2,1H3. The van der Waals surface area contributed by atoms with Gasteiger partial charge >= 0.3 is 0 Å². The molecule has 1 amide bonds.